The number of allylic oxidation sites excluding steroid dienone is 4. The Morgan fingerprint density at radius 1 is 0.529 bits per heavy atom. The summed E-state index contributed by atoms with van der Waals surface area (Å²) in [6.45, 7) is 2.27. The number of rotatable bonds is 4. The summed E-state index contributed by atoms with van der Waals surface area (Å²) < 4.78 is 6.82. The van der Waals surface area contributed by atoms with E-state index in [-0.39, 0.29) is 0 Å². The summed E-state index contributed by atoms with van der Waals surface area (Å²) in [5.74, 6) is 2.93. The largest absolute Gasteiger partial charge is 0.457 e. The first-order valence-corrected chi connectivity index (χ1v) is 17.7. The second-order valence-electron chi connectivity index (χ2n) is 13.8. The molecule has 3 aliphatic rings. The third-order valence-electron chi connectivity index (χ3n) is 10.7. The van der Waals surface area contributed by atoms with E-state index in [1.54, 1.807) is 0 Å². The van der Waals surface area contributed by atoms with Gasteiger partial charge in [-0.3, -0.25) is 0 Å². The van der Waals surface area contributed by atoms with Crippen molar-refractivity contribution in [2.45, 2.75) is 18.8 Å². The summed E-state index contributed by atoms with van der Waals surface area (Å²) >= 11 is 0. The van der Waals surface area contributed by atoms with Crippen molar-refractivity contribution in [2.24, 2.45) is 5.92 Å². The van der Waals surface area contributed by atoms with Crippen LogP contribution in [0.25, 0.3) is 50.6 Å². The Bertz CT molecular complexity index is 2520. The molecule has 0 radical (unpaired) electrons. The summed E-state index contributed by atoms with van der Waals surface area (Å²) in [4.78, 5) is 10.3. The lowest BCUT2D eigenvalue weighted by Gasteiger charge is -2.39. The molecule has 3 nitrogen and oxygen atoms in total. The number of benzene rings is 6. The molecular weight excluding hydrogens is 621 g/mol. The lowest BCUT2D eigenvalue weighted by Crippen LogP contribution is -2.32. The summed E-state index contributed by atoms with van der Waals surface area (Å²) in [6, 6.07) is 53.9. The van der Waals surface area contributed by atoms with E-state index in [2.05, 4.69) is 159 Å². The van der Waals surface area contributed by atoms with Gasteiger partial charge in [0.1, 0.15) is 11.5 Å². The van der Waals surface area contributed by atoms with Crippen LogP contribution in [0.15, 0.2) is 170 Å². The van der Waals surface area contributed by atoms with Crippen LogP contribution in [0.1, 0.15) is 41.2 Å². The molecule has 0 N–H and O–H groups in total. The molecule has 0 saturated carbocycles. The lowest BCUT2D eigenvalue weighted by atomic mass is 9.66. The molecule has 1 aliphatic heterocycles. The van der Waals surface area contributed by atoms with Gasteiger partial charge >= 0.3 is 0 Å². The minimum atomic E-state index is -0.497. The summed E-state index contributed by atoms with van der Waals surface area (Å²) in [7, 11) is 0. The number of hydrogen-bond donors (Lipinski definition) is 0. The van der Waals surface area contributed by atoms with Gasteiger partial charge in [-0.2, -0.15) is 0 Å². The molecule has 0 saturated heterocycles. The normalized spacial score (nSPS) is 16.0. The first kappa shape index (κ1) is 29.6. The van der Waals surface area contributed by atoms with Crippen molar-refractivity contribution < 1.29 is 4.74 Å². The Labute approximate surface area is 298 Å². The lowest BCUT2D eigenvalue weighted by molar-refractivity contribution is 0.436. The monoisotopic (exact) mass is 654 g/mol. The zero-order valence-corrected chi connectivity index (χ0v) is 28.3. The highest BCUT2D eigenvalue weighted by molar-refractivity contribution is 5.89. The molecule has 3 heteroatoms. The maximum Gasteiger partial charge on any atom is 0.160 e. The standard InChI is InChI=1S/C48H34N2O/c1-31-13-11-16-33(27-31)34-17-12-18-35(28-34)43-30-44(50-47(49-43)32-14-3-2-4-15-32)36-25-26-42-46(29-36)51-45-24-10-9-23-41(45)48(42)39-21-7-5-19-37(39)38-20-6-8-22-40(38)48/h2-26,28-31H,27H2,1H3. The Kier molecular flexibility index (Phi) is 6.75. The van der Waals surface area contributed by atoms with Crippen LogP contribution < -0.4 is 4.74 Å². The Morgan fingerprint density at radius 3 is 1.88 bits per heavy atom. The molecule has 10 rings (SSSR count). The van der Waals surface area contributed by atoms with Gasteiger partial charge in [-0.05, 0) is 70.0 Å². The Balaban J connectivity index is 1.16. The van der Waals surface area contributed by atoms with Crippen molar-refractivity contribution in [3.05, 3.63) is 198 Å². The minimum absolute atomic E-state index is 0.497. The average Bonchev–Trinajstić information content (AvgIpc) is 3.48. The van der Waals surface area contributed by atoms with E-state index < -0.39 is 5.41 Å². The van der Waals surface area contributed by atoms with E-state index in [9.17, 15) is 0 Å². The van der Waals surface area contributed by atoms with Crippen LogP contribution in [0.2, 0.25) is 0 Å². The molecule has 0 bridgehead atoms. The number of para-hydroxylation sites is 1. The van der Waals surface area contributed by atoms with Crippen molar-refractivity contribution in [1.82, 2.24) is 9.97 Å². The van der Waals surface area contributed by atoms with Crippen LogP contribution in [-0.2, 0) is 5.41 Å². The fourth-order valence-electron chi connectivity index (χ4n) is 8.42. The molecule has 1 aromatic heterocycles. The molecule has 51 heavy (non-hydrogen) atoms. The third kappa shape index (κ3) is 4.65. The molecule has 1 spiro atoms. The maximum atomic E-state index is 6.82. The molecular formula is C48H34N2O. The van der Waals surface area contributed by atoms with Crippen LogP contribution in [-0.4, -0.2) is 9.97 Å². The van der Waals surface area contributed by atoms with E-state index in [0.29, 0.717) is 11.7 Å². The van der Waals surface area contributed by atoms with Crippen molar-refractivity contribution in [1.29, 1.82) is 0 Å². The van der Waals surface area contributed by atoms with Crippen LogP contribution in [0, 0.1) is 5.92 Å². The molecule has 6 aromatic carbocycles. The second kappa shape index (κ2) is 11.6. The molecule has 0 amide bonds. The van der Waals surface area contributed by atoms with Crippen LogP contribution in [0.3, 0.4) is 0 Å². The molecule has 2 heterocycles. The predicted octanol–water partition coefficient (Wildman–Crippen LogP) is 11.9. The summed E-state index contributed by atoms with van der Waals surface area (Å²) in [5, 5.41) is 0. The molecule has 0 fully saturated rings. The van der Waals surface area contributed by atoms with Gasteiger partial charge in [0, 0.05) is 27.8 Å². The first-order chi connectivity index (χ1) is 25.2. The van der Waals surface area contributed by atoms with E-state index in [4.69, 9.17) is 14.7 Å². The van der Waals surface area contributed by atoms with E-state index in [0.717, 1.165) is 57.1 Å². The Morgan fingerprint density at radius 2 is 1.14 bits per heavy atom. The third-order valence-corrected chi connectivity index (χ3v) is 10.7. The molecule has 1 atom stereocenters. The second-order valence-corrected chi connectivity index (χ2v) is 13.8. The molecule has 2 aliphatic carbocycles. The predicted molar refractivity (Wildman–Crippen MR) is 207 cm³/mol. The fraction of sp³-hybridized carbons (Fsp3) is 0.0833. The van der Waals surface area contributed by atoms with Crippen LogP contribution >= 0.6 is 0 Å². The highest BCUT2D eigenvalue weighted by atomic mass is 16.5. The molecule has 7 aromatic rings. The van der Waals surface area contributed by atoms with Crippen LogP contribution in [0.5, 0.6) is 11.5 Å². The number of nitrogens with zero attached hydrogens (tertiary/aromatic N) is 2. The van der Waals surface area contributed by atoms with Crippen molar-refractivity contribution in [3.8, 4) is 56.5 Å². The zero-order chi connectivity index (χ0) is 33.9. The van der Waals surface area contributed by atoms with Gasteiger partial charge in [-0.15, -0.1) is 0 Å². The first-order valence-electron chi connectivity index (χ1n) is 17.7. The van der Waals surface area contributed by atoms with Gasteiger partial charge in [0.05, 0.1) is 16.8 Å². The van der Waals surface area contributed by atoms with Gasteiger partial charge in [0.25, 0.3) is 0 Å². The maximum absolute atomic E-state index is 6.82. The Hall–Kier alpha value is -6.32. The van der Waals surface area contributed by atoms with Crippen LogP contribution in [0.4, 0.5) is 0 Å². The average molecular weight is 655 g/mol. The van der Waals surface area contributed by atoms with Crippen molar-refractivity contribution >= 4 is 5.57 Å². The van der Waals surface area contributed by atoms with Crippen molar-refractivity contribution in [2.75, 3.05) is 0 Å². The quantitative estimate of drug-likeness (QED) is 0.189. The van der Waals surface area contributed by atoms with Gasteiger partial charge in [0.15, 0.2) is 5.82 Å². The SMILES string of the molecule is CC1C=CC=C(c2cccc(-c3cc(-c4ccc5c(c4)Oc4ccccc4C54c5ccccc5-c5ccccc54)nc(-c4ccccc4)n3)c2)C1. The highest BCUT2D eigenvalue weighted by Gasteiger charge is 2.50. The highest BCUT2D eigenvalue weighted by Crippen LogP contribution is 2.62. The minimum Gasteiger partial charge on any atom is -0.457 e. The zero-order valence-electron chi connectivity index (χ0n) is 28.3. The van der Waals surface area contributed by atoms with Gasteiger partial charge in [0.2, 0.25) is 0 Å². The fourth-order valence-corrected chi connectivity index (χ4v) is 8.42. The summed E-state index contributed by atoms with van der Waals surface area (Å²) in [5.41, 5.74) is 14.2. The molecule has 242 valence electrons. The smallest absolute Gasteiger partial charge is 0.160 e. The number of ether oxygens (including phenoxy) is 1. The van der Waals surface area contributed by atoms with E-state index in [1.165, 1.54) is 33.4 Å². The van der Waals surface area contributed by atoms with E-state index in [1.807, 2.05) is 18.2 Å². The van der Waals surface area contributed by atoms with Crippen molar-refractivity contribution in [3.63, 3.8) is 0 Å². The van der Waals surface area contributed by atoms with Gasteiger partial charge in [-0.1, -0.05) is 153 Å². The van der Waals surface area contributed by atoms with Gasteiger partial charge in [-0.25, -0.2) is 9.97 Å². The number of hydrogen-bond acceptors (Lipinski definition) is 3. The summed E-state index contributed by atoms with van der Waals surface area (Å²) in [6.07, 6.45) is 7.71. The number of fused-ring (bicyclic) bond motifs is 9. The topological polar surface area (TPSA) is 35.0 Å². The number of aromatic nitrogens is 2. The van der Waals surface area contributed by atoms with Gasteiger partial charge < -0.3 is 4.74 Å². The molecule has 1 unspecified atom stereocenters. The van der Waals surface area contributed by atoms with E-state index >= 15 is 0 Å².